The Labute approximate surface area is 201 Å². The van der Waals surface area contributed by atoms with Crippen molar-refractivity contribution in [3.05, 3.63) is 95.6 Å². The van der Waals surface area contributed by atoms with Crippen LogP contribution in [0.5, 0.6) is 5.88 Å². The maximum absolute atomic E-state index is 14.7. The zero-order chi connectivity index (χ0) is 24.9. The average Bonchev–Trinajstić information content (AvgIpc) is 3.28. The second kappa shape index (κ2) is 8.32. The van der Waals surface area contributed by atoms with Crippen LogP contribution in [0.2, 0.25) is 0 Å². The molecule has 174 valence electrons. The summed E-state index contributed by atoms with van der Waals surface area (Å²) in [7, 11) is 1.48. The predicted molar refractivity (Wildman–Crippen MR) is 126 cm³/mol. The van der Waals surface area contributed by atoms with Crippen molar-refractivity contribution >= 4 is 28.8 Å². The number of pyridine rings is 1. The van der Waals surface area contributed by atoms with Gasteiger partial charge in [0.05, 0.1) is 11.4 Å². The molecule has 0 saturated carbocycles. The van der Waals surface area contributed by atoms with Crippen LogP contribution in [0.4, 0.5) is 10.1 Å². The fourth-order valence-electron chi connectivity index (χ4n) is 4.18. The van der Waals surface area contributed by atoms with E-state index in [-0.39, 0.29) is 28.2 Å². The Morgan fingerprint density at radius 2 is 1.60 bits per heavy atom. The molecule has 2 amide bonds. The summed E-state index contributed by atoms with van der Waals surface area (Å²) in [5, 5.41) is 17.7. The Morgan fingerprint density at radius 1 is 0.914 bits per heavy atom. The highest BCUT2D eigenvalue weighted by Crippen LogP contribution is 2.41. The summed E-state index contributed by atoms with van der Waals surface area (Å²) in [5.74, 6) is -2.78. The quantitative estimate of drug-likeness (QED) is 0.340. The molecule has 2 aromatic heterocycles. The second-order valence-corrected chi connectivity index (χ2v) is 8.36. The maximum Gasteiger partial charge on any atom is 0.331 e. The van der Waals surface area contributed by atoms with Gasteiger partial charge < -0.3 is 5.11 Å². The van der Waals surface area contributed by atoms with Crippen LogP contribution >= 0.6 is 0 Å². The van der Waals surface area contributed by atoms with Gasteiger partial charge in [-0.3, -0.25) is 14.3 Å². The van der Waals surface area contributed by atoms with E-state index in [1.807, 2.05) is 26.0 Å². The van der Waals surface area contributed by atoms with Crippen LogP contribution in [0.15, 0.2) is 73.1 Å². The van der Waals surface area contributed by atoms with Crippen LogP contribution in [0.1, 0.15) is 16.7 Å². The zero-order valence-electron chi connectivity index (χ0n) is 19.3. The number of benzene rings is 2. The summed E-state index contributed by atoms with van der Waals surface area (Å²) in [6.45, 7) is 3.80. The van der Waals surface area contributed by atoms with Gasteiger partial charge in [0.15, 0.2) is 12.4 Å². The lowest BCUT2D eigenvalue weighted by atomic mass is 10.00. The zero-order valence-corrected chi connectivity index (χ0v) is 19.3. The Morgan fingerprint density at radius 3 is 2.29 bits per heavy atom. The first-order chi connectivity index (χ1) is 16.8. The Balaban J connectivity index is 1.83. The fraction of sp³-hybridized carbons (Fsp3) is 0.111. The Bertz CT molecular complexity index is 1540. The van der Waals surface area contributed by atoms with E-state index in [1.165, 1.54) is 35.9 Å². The number of rotatable bonds is 4. The van der Waals surface area contributed by atoms with Crippen molar-refractivity contribution in [1.29, 1.82) is 0 Å². The van der Waals surface area contributed by atoms with Gasteiger partial charge in [0.1, 0.15) is 11.4 Å². The van der Waals surface area contributed by atoms with Crippen LogP contribution in [0.3, 0.4) is 0 Å². The number of hydrogen-bond acceptors (Lipinski definition) is 4. The molecule has 35 heavy (non-hydrogen) atoms. The minimum atomic E-state index is -0.789. The van der Waals surface area contributed by atoms with Gasteiger partial charge in [-0.05, 0) is 37.4 Å². The number of anilines is 1. The van der Waals surface area contributed by atoms with E-state index in [2.05, 4.69) is 5.10 Å². The molecule has 0 spiro atoms. The van der Waals surface area contributed by atoms with E-state index in [0.717, 1.165) is 20.7 Å². The van der Waals surface area contributed by atoms with Gasteiger partial charge in [0, 0.05) is 29.8 Å². The number of imide groups is 1. The summed E-state index contributed by atoms with van der Waals surface area (Å²) >= 11 is 0. The summed E-state index contributed by atoms with van der Waals surface area (Å²) in [6.07, 6.45) is 3.36. The number of halogens is 1. The minimum absolute atomic E-state index is 0.00313. The molecule has 0 bridgehead atoms. The second-order valence-electron chi connectivity index (χ2n) is 8.36. The van der Waals surface area contributed by atoms with Crippen molar-refractivity contribution in [2.75, 3.05) is 4.90 Å². The summed E-state index contributed by atoms with van der Waals surface area (Å²) in [4.78, 5) is 28.4. The van der Waals surface area contributed by atoms with Crippen LogP contribution < -0.4 is 14.6 Å². The van der Waals surface area contributed by atoms with Crippen LogP contribution in [-0.2, 0) is 16.6 Å². The van der Waals surface area contributed by atoms with Gasteiger partial charge in [-0.25, -0.2) is 9.29 Å². The van der Waals surface area contributed by atoms with Crippen molar-refractivity contribution in [2.24, 2.45) is 7.05 Å². The molecule has 0 aliphatic carbocycles. The lowest BCUT2D eigenvalue weighted by Crippen LogP contribution is -2.40. The van der Waals surface area contributed by atoms with E-state index in [1.54, 1.807) is 36.7 Å². The average molecular weight is 468 g/mol. The first-order valence-electron chi connectivity index (χ1n) is 11.0. The molecule has 0 atom stereocenters. The number of nitrogens with zero attached hydrogens (tertiary/aromatic N) is 4. The monoisotopic (exact) mass is 468 g/mol. The number of carbonyl (C=O) groups is 2. The first kappa shape index (κ1) is 22.2. The maximum atomic E-state index is 14.7. The van der Waals surface area contributed by atoms with E-state index in [0.29, 0.717) is 5.56 Å². The van der Waals surface area contributed by atoms with Crippen molar-refractivity contribution in [2.45, 2.75) is 13.8 Å². The molecule has 4 aromatic rings. The fourth-order valence-corrected chi connectivity index (χ4v) is 4.18. The van der Waals surface area contributed by atoms with Crippen molar-refractivity contribution in [1.82, 2.24) is 9.78 Å². The minimum Gasteiger partial charge on any atom is -0.858 e. The molecule has 0 unspecified atom stereocenters. The summed E-state index contributed by atoms with van der Waals surface area (Å²) in [6, 6.07) is 16.3. The van der Waals surface area contributed by atoms with E-state index < -0.39 is 23.5 Å². The normalized spacial score (nSPS) is 13.8. The van der Waals surface area contributed by atoms with E-state index in [9.17, 15) is 19.1 Å². The van der Waals surface area contributed by atoms with Gasteiger partial charge in [0.25, 0.3) is 11.6 Å². The molecule has 3 heterocycles. The molecule has 0 fully saturated rings. The first-order valence-corrected chi connectivity index (χ1v) is 11.0. The predicted octanol–water partition coefficient (Wildman–Crippen LogP) is 3.15. The molecule has 8 heteroatoms. The molecule has 1 aliphatic rings. The van der Waals surface area contributed by atoms with Crippen molar-refractivity contribution < 1.29 is 23.7 Å². The Hall–Kier alpha value is -4.59. The summed E-state index contributed by atoms with van der Waals surface area (Å²) < 4.78 is 17.4. The summed E-state index contributed by atoms with van der Waals surface area (Å²) in [5.41, 5.74) is 2.40. The number of hydrogen-bond donors (Lipinski definition) is 0. The number of aromatic nitrogens is 3. The van der Waals surface area contributed by atoms with Crippen LogP contribution in [-0.4, -0.2) is 21.6 Å². The third kappa shape index (κ3) is 3.50. The number of para-hydroxylation sites is 1. The molecular weight excluding hydrogens is 447 g/mol. The smallest absolute Gasteiger partial charge is 0.331 e. The van der Waals surface area contributed by atoms with Gasteiger partial charge in [-0.1, -0.05) is 42.5 Å². The van der Waals surface area contributed by atoms with Gasteiger partial charge in [0.2, 0.25) is 0 Å². The standard InChI is InChI=1S/C27H21FN4O3/c1-16-13-14-31(15-17(16)2)24-22(26(34)32(27(24)35)20-12-8-7-11-19(20)28)21-23(29-30(3)25(21)33)18-9-5-4-6-10-18/h4-15H,1-3H3. The lowest BCUT2D eigenvalue weighted by Gasteiger charge is -2.15. The third-order valence-corrected chi connectivity index (χ3v) is 6.14. The lowest BCUT2D eigenvalue weighted by molar-refractivity contribution is -0.577. The number of aryl methyl sites for hydroxylation is 3. The van der Waals surface area contributed by atoms with E-state index in [4.69, 9.17) is 0 Å². The van der Waals surface area contributed by atoms with Crippen LogP contribution in [0, 0.1) is 19.7 Å². The third-order valence-electron chi connectivity index (χ3n) is 6.14. The molecule has 0 radical (unpaired) electrons. The SMILES string of the molecule is Cc1cc[n+](C2=C(c3c(-c4ccccc4)nn(C)c3[O-])C(=O)N(c3ccccc3F)C2=O)cc1C. The van der Waals surface area contributed by atoms with Gasteiger partial charge in [-0.15, -0.1) is 0 Å². The molecule has 7 nitrogen and oxygen atoms in total. The topological polar surface area (TPSA) is 82.1 Å². The molecular formula is C27H21FN4O3. The highest BCUT2D eigenvalue weighted by Gasteiger charge is 2.48. The Kier molecular flexibility index (Phi) is 5.28. The number of amides is 2. The highest BCUT2D eigenvalue weighted by molar-refractivity contribution is 6.53. The molecule has 1 aliphatic heterocycles. The molecule has 0 saturated heterocycles. The van der Waals surface area contributed by atoms with Gasteiger partial charge in [-0.2, -0.15) is 9.67 Å². The van der Waals surface area contributed by atoms with E-state index >= 15 is 0 Å². The highest BCUT2D eigenvalue weighted by atomic mass is 19.1. The van der Waals surface area contributed by atoms with Crippen molar-refractivity contribution in [3.8, 4) is 17.1 Å². The molecule has 2 aromatic carbocycles. The van der Waals surface area contributed by atoms with Crippen molar-refractivity contribution in [3.63, 3.8) is 0 Å². The molecule has 5 rings (SSSR count). The largest absolute Gasteiger partial charge is 0.858 e. The molecule has 0 N–H and O–H groups in total. The van der Waals surface area contributed by atoms with Crippen LogP contribution in [0.25, 0.3) is 22.5 Å². The van der Waals surface area contributed by atoms with Gasteiger partial charge >= 0.3 is 5.91 Å². The number of carbonyl (C=O) groups excluding carboxylic acids is 2.